The average Bonchev–Trinajstić information content (AvgIpc) is 3.34. The number of sulfonamides is 1. The number of benzene rings is 1. The number of halogens is 1. The van der Waals surface area contributed by atoms with E-state index in [2.05, 4.69) is 4.72 Å². The van der Waals surface area contributed by atoms with Gasteiger partial charge in [0.25, 0.3) is 0 Å². The van der Waals surface area contributed by atoms with Gasteiger partial charge in [-0.3, -0.25) is 0 Å². The molecule has 0 radical (unpaired) electrons. The van der Waals surface area contributed by atoms with E-state index in [1.165, 1.54) is 6.07 Å². The second-order valence-electron chi connectivity index (χ2n) is 6.39. The first-order chi connectivity index (χ1) is 11.4. The van der Waals surface area contributed by atoms with Crippen LogP contribution in [0.25, 0.3) is 0 Å². The molecular weight excluding hydrogens is 333 g/mol. The topological polar surface area (TPSA) is 75.6 Å². The molecule has 0 heterocycles. The van der Waals surface area contributed by atoms with Crippen LogP contribution in [0.3, 0.4) is 0 Å². The summed E-state index contributed by atoms with van der Waals surface area (Å²) < 4.78 is 46.0. The molecule has 2 N–H and O–H groups in total. The molecule has 0 spiro atoms. The first-order valence-electron chi connectivity index (χ1n) is 8.44. The van der Waals surface area contributed by atoms with Crippen molar-refractivity contribution in [2.24, 2.45) is 5.92 Å². The van der Waals surface area contributed by atoms with Gasteiger partial charge < -0.3 is 9.84 Å². The molecule has 0 saturated heterocycles. The molecule has 5 nitrogen and oxygen atoms in total. The molecule has 24 heavy (non-hydrogen) atoms. The highest BCUT2D eigenvalue weighted by Crippen LogP contribution is 2.31. The lowest BCUT2D eigenvalue weighted by Gasteiger charge is -2.16. The van der Waals surface area contributed by atoms with Gasteiger partial charge in [0.2, 0.25) is 10.0 Å². The number of hydrogen-bond acceptors (Lipinski definition) is 4. The zero-order valence-electron chi connectivity index (χ0n) is 14.0. The molecule has 1 aliphatic rings. The van der Waals surface area contributed by atoms with Crippen LogP contribution < -0.4 is 9.46 Å². The van der Waals surface area contributed by atoms with Crippen LogP contribution in [0.2, 0.25) is 0 Å². The molecular formula is C17H26FNO4S. The molecule has 1 atom stereocenters. The molecule has 0 aromatic heterocycles. The molecule has 0 amide bonds. The summed E-state index contributed by atoms with van der Waals surface area (Å²) in [5.41, 5.74) is 0.668. The number of aliphatic hydroxyl groups excluding tert-OH is 1. The maximum atomic E-state index is 13.8. The first kappa shape index (κ1) is 19.1. The number of aliphatic hydroxyl groups is 1. The summed E-state index contributed by atoms with van der Waals surface area (Å²) in [5.74, 6) is 0.276. The van der Waals surface area contributed by atoms with Crippen LogP contribution in [-0.4, -0.2) is 32.5 Å². The van der Waals surface area contributed by atoms with Crippen molar-refractivity contribution in [2.45, 2.75) is 45.1 Å². The molecule has 7 heteroatoms. The summed E-state index contributed by atoms with van der Waals surface area (Å²) in [5, 5.41) is 8.71. The number of nitrogens with one attached hydrogen (secondary N) is 1. The van der Waals surface area contributed by atoms with Crippen LogP contribution in [0.1, 0.15) is 50.6 Å². The minimum absolute atomic E-state index is 0.0174. The van der Waals surface area contributed by atoms with Gasteiger partial charge in [0.05, 0.1) is 12.4 Å². The smallest absolute Gasteiger partial charge is 0.212 e. The van der Waals surface area contributed by atoms with Crippen molar-refractivity contribution < 1.29 is 22.7 Å². The van der Waals surface area contributed by atoms with Crippen molar-refractivity contribution in [1.29, 1.82) is 0 Å². The highest BCUT2D eigenvalue weighted by atomic mass is 32.2. The van der Waals surface area contributed by atoms with E-state index in [4.69, 9.17) is 9.84 Å². The van der Waals surface area contributed by atoms with Crippen LogP contribution in [-0.2, 0) is 10.0 Å². The molecule has 1 saturated carbocycles. The molecule has 1 aromatic carbocycles. The van der Waals surface area contributed by atoms with Crippen molar-refractivity contribution in [3.05, 3.63) is 29.6 Å². The maximum Gasteiger partial charge on any atom is 0.212 e. The fourth-order valence-corrected chi connectivity index (χ4v) is 3.75. The molecule has 1 aliphatic carbocycles. The molecule has 0 aliphatic heterocycles. The summed E-state index contributed by atoms with van der Waals surface area (Å²) in [6.45, 7) is 2.30. The lowest BCUT2D eigenvalue weighted by Crippen LogP contribution is -2.29. The van der Waals surface area contributed by atoms with E-state index in [1.807, 2.05) is 0 Å². The Bertz CT molecular complexity index is 631. The van der Waals surface area contributed by atoms with E-state index < -0.39 is 21.9 Å². The SMILES string of the molecule is C[C@@H](NS(=O)(=O)CCCCCO)c1ccc(F)c(OCC2CC2)c1. The maximum absolute atomic E-state index is 13.8. The summed E-state index contributed by atoms with van der Waals surface area (Å²) in [6.07, 6.45) is 4.01. The van der Waals surface area contributed by atoms with E-state index in [-0.39, 0.29) is 18.1 Å². The third kappa shape index (κ3) is 6.37. The Morgan fingerprint density at radius 1 is 1.33 bits per heavy atom. The van der Waals surface area contributed by atoms with Gasteiger partial charge in [-0.2, -0.15) is 0 Å². The van der Waals surface area contributed by atoms with Crippen molar-refractivity contribution in [3.8, 4) is 5.75 Å². The highest BCUT2D eigenvalue weighted by molar-refractivity contribution is 7.89. The van der Waals surface area contributed by atoms with Gasteiger partial charge in [-0.05, 0) is 56.2 Å². The standard InChI is InChI=1S/C17H26FNO4S/c1-13(19-24(21,22)10-4-2-3-9-20)15-7-8-16(18)17(11-15)23-12-14-5-6-14/h7-8,11,13-14,19-20H,2-6,9-10,12H2,1H3/t13-/m1/s1. The Hall–Kier alpha value is -1.18. The minimum Gasteiger partial charge on any atom is -0.490 e. The lowest BCUT2D eigenvalue weighted by molar-refractivity contribution is 0.284. The van der Waals surface area contributed by atoms with Gasteiger partial charge in [0.15, 0.2) is 11.6 Å². The lowest BCUT2D eigenvalue weighted by atomic mass is 10.1. The summed E-state index contributed by atoms with van der Waals surface area (Å²) >= 11 is 0. The quantitative estimate of drug-likeness (QED) is 0.596. The third-order valence-electron chi connectivity index (χ3n) is 4.05. The Labute approximate surface area is 143 Å². The summed E-state index contributed by atoms with van der Waals surface area (Å²) in [7, 11) is -3.41. The summed E-state index contributed by atoms with van der Waals surface area (Å²) in [6, 6.07) is 3.98. The van der Waals surface area contributed by atoms with Crippen molar-refractivity contribution >= 4 is 10.0 Å². The van der Waals surface area contributed by atoms with Gasteiger partial charge in [0, 0.05) is 12.6 Å². The Morgan fingerprint density at radius 2 is 2.08 bits per heavy atom. The zero-order valence-corrected chi connectivity index (χ0v) is 14.8. The minimum atomic E-state index is -3.41. The van der Waals surface area contributed by atoms with Gasteiger partial charge in [-0.1, -0.05) is 12.5 Å². The van der Waals surface area contributed by atoms with E-state index in [0.717, 1.165) is 12.8 Å². The highest BCUT2D eigenvalue weighted by Gasteiger charge is 2.23. The van der Waals surface area contributed by atoms with Crippen LogP contribution in [0, 0.1) is 11.7 Å². The van der Waals surface area contributed by atoms with Crippen molar-refractivity contribution in [2.75, 3.05) is 19.0 Å². The fraction of sp³-hybridized carbons (Fsp3) is 0.647. The third-order valence-corrected chi connectivity index (χ3v) is 5.59. The van der Waals surface area contributed by atoms with E-state index in [0.29, 0.717) is 37.4 Å². The van der Waals surface area contributed by atoms with E-state index >= 15 is 0 Å². The van der Waals surface area contributed by atoms with E-state index in [1.54, 1.807) is 19.1 Å². The molecule has 1 fully saturated rings. The van der Waals surface area contributed by atoms with Crippen LogP contribution in [0.15, 0.2) is 18.2 Å². The zero-order chi connectivity index (χ0) is 17.6. The second kappa shape index (κ2) is 8.78. The fourth-order valence-electron chi connectivity index (χ4n) is 2.37. The normalized spacial score (nSPS) is 16.1. The molecule has 1 aromatic rings. The van der Waals surface area contributed by atoms with Crippen LogP contribution in [0.4, 0.5) is 4.39 Å². The first-order valence-corrected chi connectivity index (χ1v) is 10.1. The number of ether oxygens (including phenoxy) is 1. The van der Waals surface area contributed by atoms with E-state index in [9.17, 15) is 12.8 Å². The molecule has 0 bridgehead atoms. The average molecular weight is 359 g/mol. The largest absolute Gasteiger partial charge is 0.490 e. The Morgan fingerprint density at radius 3 is 2.75 bits per heavy atom. The summed E-state index contributed by atoms with van der Waals surface area (Å²) in [4.78, 5) is 0. The van der Waals surface area contributed by atoms with Crippen LogP contribution >= 0.6 is 0 Å². The van der Waals surface area contributed by atoms with Crippen LogP contribution in [0.5, 0.6) is 5.75 Å². The monoisotopic (exact) mass is 359 g/mol. The van der Waals surface area contributed by atoms with Gasteiger partial charge in [-0.15, -0.1) is 0 Å². The van der Waals surface area contributed by atoms with Crippen molar-refractivity contribution in [1.82, 2.24) is 4.72 Å². The Kier molecular flexibility index (Phi) is 7.01. The molecule has 0 unspecified atom stereocenters. The van der Waals surface area contributed by atoms with Crippen molar-refractivity contribution in [3.63, 3.8) is 0 Å². The Balaban J connectivity index is 1.92. The van der Waals surface area contributed by atoms with Gasteiger partial charge >= 0.3 is 0 Å². The number of hydrogen-bond donors (Lipinski definition) is 2. The second-order valence-corrected chi connectivity index (χ2v) is 8.26. The number of unbranched alkanes of at least 4 members (excludes halogenated alkanes) is 2. The van der Waals surface area contributed by atoms with Gasteiger partial charge in [-0.25, -0.2) is 17.5 Å². The predicted octanol–water partition coefficient (Wildman–Crippen LogP) is 2.76. The predicted molar refractivity (Wildman–Crippen MR) is 90.9 cm³/mol. The molecule has 2 rings (SSSR count). The molecule has 136 valence electrons. The number of rotatable bonds is 11. The van der Waals surface area contributed by atoms with Gasteiger partial charge in [0.1, 0.15) is 0 Å².